The highest BCUT2D eigenvalue weighted by Crippen LogP contribution is 2.14. The lowest BCUT2D eigenvalue weighted by Crippen LogP contribution is -1.89. The van der Waals surface area contributed by atoms with Crippen molar-refractivity contribution in [3.05, 3.63) is 23.5 Å². The monoisotopic (exact) mass is 161 g/mol. The third-order valence-corrected chi connectivity index (χ3v) is 2.00. The van der Waals surface area contributed by atoms with Crippen molar-refractivity contribution in [1.29, 1.82) is 0 Å². The van der Waals surface area contributed by atoms with E-state index in [1.54, 1.807) is 0 Å². The summed E-state index contributed by atoms with van der Waals surface area (Å²) in [5.41, 5.74) is 4.27. The minimum atomic E-state index is 0.993. The number of aryl methyl sites for hydroxylation is 3. The first-order chi connectivity index (χ1) is 5.68. The molecule has 12 heavy (non-hydrogen) atoms. The Hall–Kier alpha value is -1.38. The molecule has 0 aliphatic heterocycles. The highest BCUT2D eigenvalue weighted by Gasteiger charge is 2.04. The number of aromatic nitrogens is 3. The third kappa shape index (κ3) is 0.897. The summed E-state index contributed by atoms with van der Waals surface area (Å²) >= 11 is 0. The molecule has 0 amide bonds. The van der Waals surface area contributed by atoms with Gasteiger partial charge in [0.2, 0.25) is 0 Å². The Labute approximate surface area is 71.0 Å². The van der Waals surface area contributed by atoms with Crippen LogP contribution >= 0.6 is 0 Å². The van der Waals surface area contributed by atoms with E-state index in [4.69, 9.17) is 0 Å². The quantitative estimate of drug-likeness (QED) is 0.587. The largest absolute Gasteiger partial charge is 0.266 e. The van der Waals surface area contributed by atoms with Gasteiger partial charge in [-0.2, -0.15) is 5.10 Å². The van der Waals surface area contributed by atoms with Crippen LogP contribution in [0.1, 0.15) is 11.3 Å². The van der Waals surface area contributed by atoms with Crippen LogP contribution in [0.4, 0.5) is 0 Å². The van der Waals surface area contributed by atoms with Crippen molar-refractivity contribution >= 4 is 11.0 Å². The van der Waals surface area contributed by atoms with Crippen molar-refractivity contribution in [2.24, 2.45) is 7.05 Å². The predicted octanol–water partition coefficient (Wildman–Crippen LogP) is 1.59. The highest BCUT2D eigenvalue weighted by molar-refractivity contribution is 5.77. The lowest BCUT2D eigenvalue weighted by Gasteiger charge is -1.94. The molecular weight excluding hydrogens is 150 g/mol. The molecule has 0 fully saturated rings. The summed E-state index contributed by atoms with van der Waals surface area (Å²) in [4.78, 5) is 4.32. The zero-order valence-electron chi connectivity index (χ0n) is 7.50. The molecule has 0 spiro atoms. The molecule has 0 atom stereocenters. The molecule has 0 aliphatic rings. The summed E-state index contributed by atoms with van der Waals surface area (Å²) < 4.78 is 1.87. The fourth-order valence-corrected chi connectivity index (χ4v) is 1.41. The Morgan fingerprint density at radius 1 is 1.33 bits per heavy atom. The first kappa shape index (κ1) is 7.28. The van der Waals surface area contributed by atoms with Crippen molar-refractivity contribution in [3.63, 3.8) is 0 Å². The van der Waals surface area contributed by atoms with E-state index < -0.39 is 0 Å². The SMILES string of the molecule is Cc1cnc2c(C)nn(C)c2c1. The van der Waals surface area contributed by atoms with Crippen LogP contribution in [0.2, 0.25) is 0 Å². The summed E-state index contributed by atoms with van der Waals surface area (Å²) in [7, 11) is 1.94. The average Bonchev–Trinajstić information content (AvgIpc) is 2.28. The van der Waals surface area contributed by atoms with E-state index in [0.717, 1.165) is 16.7 Å². The molecule has 62 valence electrons. The van der Waals surface area contributed by atoms with Gasteiger partial charge in [-0.05, 0) is 25.5 Å². The summed E-state index contributed by atoms with van der Waals surface area (Å²) in [5, 5.41) is 4.29. The van der Waals surface area contributed by atoms with Crippen molar-refractivity contribution in [2.75, 3.05) is 0 Å². The van der Waals surface area contributed by atoms with Crippen LogP contribution in [0.25, 0.3) is 11.0 Å². The molecule has 0 saturated carbocycles. The fraction of sp³-hybridized carbons (Fsp3) is 0.333. The summed E-state index contributed by atoms with van der Waals surface area (Å²) in [6, 6.07) is 2.10. The number of pyridine rings is 1. The van der Waals surface area contributed by atoms with E-state index in [1.807, 2.05) is 31.8 Å². The summed E-state index contributed by atoms with van der Waals surface area (Å²) in [6.45, 7) is 4.01. The number of hydrogen-bond acceptors (Lipinski definition) is 2. The molecule has 0 aromatic carbocycles. The van der Waals surface area contributed by atoms with Crippen LogP contribution in [-0.2, 0) is 7.05 Å². The topological polar surface area (TPSA) is 30.7 Å². The van der Waals surface area contributed by atoms with Gasteiger partial charge in [0.15, 0.2) is 0 Å². The van der Waals surface area contributed by atoms with Gasteiger partial charge < -0.3 is 0 Å². The molecule has 0 unspecified atom stereocenters. The van der Waals surface area contributed by atoms with E-state index in [1.165, 1.54) is 5.56 Å². The fourth-order valence-electron chi connectivity index (χ4n) is 1.41. The smallest absolute Gasteiger partial charge is 0.111 e. The van der Waals surface area contributed by atoms with E-state index in [-0.39, 0.29) is 0 Å². The van der Waals surface area contributed by atoms with Crippen molar-refractivity contribution < 1.29 is 0 Å². The minimum Gasteiger partial charge on any atom is -0.266 e. The van der Waals surface area contributed by atoms with Crippen LogP contribution in [0.3, 0.4) is 0 Å². The average molecular weight is 161 g/mol. The number of rotatable bonds is 0. The maximum absolute atomic E-state index is 4.32. The van der Waals surface area contributed by atoms with Gasteiger partial charge >= 0.3 is 0 Å². The zero-order valence-corrected chi connectivity index (χ0v) is 7.50. The van der Waals surface area contributed by atoms with Gasteiger partial charge in [-0.15, -0.1) is 0 Å². The second-order valence-electron chi connectivity index (χ2n) is 3.09. The normalized spacial score (nSPS) is 10.9. The van der Waals surface area contributed by atoms with Gasteiger partial charge in [-0.1, -0.05) is 0 Å². The van der Waals surface area contributed by atoms with Crippen LogP contribution < -0.4 is 0 Å². The number of fused-ring (bicyclic) bond motifs is 1. The van der Waals surface area contributed by atoms with Gasteiger partial charge in [0.1, 0.15) is 5.52 Å². The van der Waals surface area contributed by atoms with Gasteiger partial charge in [-0.3, -0.25) is 9.67 Å². The standard InChI is InChI=1S/C9H11N3/c1-6-4-8-9(10-5-6)7(2)11-12(8)3/h4-5H,1-3H3. The number of nitrogens with zero attached hydrogens (tertiary/aromatic N) is 3. The van der Waals surface area contributed by atoms with Crippen molar-refractivity contribution in [2.45, 2.75) is 13.8 Å². The van der Waals surface area contributed by atoms with Crippen LogP contribution in [0, 0.1) is 13.8 Å². The molecule has 3 heteroatoms. The van der Waals surface area contributed by atoms with Gasteiger partial charge in [0.25, 0.3) is 0 Å². The lowest BCUT2D eigenvalue weighted by molar-refractivity contribution is 0.783. The maximum Gasteiger partial charge on any atom is 0.111 e. The van der Waals surface area contributed by atoms with E-state index in [9.17, 15) is 0 Å². The lowest BCUT2D eigenvalue weighted by atomic mass is 10.2. The molecule has 2 rings (SSSR count). The van der Waals surface area contributed by atoms with Gasteiger partial charge in [-0.25, -0.2) is 0 Å². The molecule has 2 aromatic rings. The molecule has 2 aromatic heterocycles. The predicted molar refractivity (Wildman–Crippen MR) is 48.0 cm³/mol. The van der Waals surface area contributed by atoms with Crippen molar-refractivity contribution in [1.82, 2.24) is 14.8 Å². The van der Waals surface area contributed by atoms with E-state index >= 15 is 0 Å². The van der Waals surface area contributed by atoms with Crippen LogP contribution in [0.15, 0.2) is 12.3 Å². The Morgan fingerprint density at radius 3 is 2.83 bits per heavy atom. The second kappa shape index (κ2) is 2.30. The number of hydrogen-bond donors (Lipinski definition) is 0. The summed E-state index contributed by atoms with van der Waals surface area (Å²) in [6.07, 6.45) is 1.87. The maximum atomic E-state index is 4.32. The molecule has 0 saturated heterocycles. The molecule has 0 radical (unpaired) electrons. The van der Waals surface area contributed by atoms with E-state index in [2.05, 4.69) is 16.1 Å². The molecular formula is C9H11N3. The van der Waals surface area contributed by atoms with Crippen LogP contribution in [0.5, 0.6) is 0 Å². The first-order valence-electron chi connectivity index (χ1n) is 3.94. The molecule has 3 nitrogen and oxygen atoms in total. The molecule has 2 heterocycles. The second-order valence-corrected chi connectivity index (χ2v) is 3.09. The third-order valence-electron chi connectivity index (χ3n) is 2.00. The van der Waals surface area contributed by atoms with Gasteiger partial charge in [0.05, 0.1) is 11.2 Å². The Balaban J connectivity index is 2.90. The summed E-state index contributed by atoms with van der Waals surface area (Å²) in [5.74, 6) is 0. The Kier molecular flexibility index (Phi) is 1.40. The first-order valence-corrected chi connectivity index (χ1v) is 3.94. The van der Waals surface area contributed by atoms with E-state index in [0.29, 0.717) is 0 Å². The Bertz CT molecular complexity index is 429. The molecule has 0 bridgehead atoms. The highest BCUT2D eigenvalue weighted by atomic mass is 15.3. The van der Waals surface area contributed by atoms with Crippen LogP contribution in [-0.4, -0.2) is 14.8 Å². The van der Waals surface area contributed by atoms with Gasteiger partial charge in [0, 0.05) is 13.2 Å². The Morgan fingerprint density at radius 2 is 2.08 bits per heavy atom. The minimum absolute atomic E-state index is 0.993. The van der Waals surface area contributed by atoms with Crippen molar-refractivity contribution in [3.8, 4) is 0 Å². The zero-order chi connectivity index (χ0) is 8.72. The molecule has 0 aliphatic carbocycles. The molecule has 0 N–H and O–H groups in total.